The molecule has 2 amide bonds. The van der Waals surface area contributed by atoms with E-state index in [0.717, 1.165) is 10.4 Å². The van der Waals surface area contributed by atoms with Gasteiger partial charge in [0, 0.05) is 16.6 Å². The molecule has 0 aliphatic rings. The largest absolute Gasteiger partial charge is 0.463 e. The summed E-state index contributed by atoms with van der Waals surface area (Å²) in [4.78, 5) is 24.7. The van der Waals surface area contributed by atoms with Crippen LogP contribution in [0.1, 0.15) is 37.3 Å². The molecule has 2 aromatic rings. The maximum absolute atomic E-state index is 12.3. The highest BCUT2D eigenvalue weighted by Crippen LogP contribution is 2.25. The molecule has 5 nitrogen and oxygen atoms in total. The van der Waals surface area contributed by atoms with Gasteiger partial charge in [0.1, 0.15) is 0 Å². The van der Waals surface area contributed by atoms with Crippen molar-refractivity contribution in [2.45, 2.75) is 26.8 Å². The second kappa shape index (κ2) is 9.77. The summed E-state index contributed by atoms with van der Waals surface area (Å²) in [6.45, 7) is 6.27. The summed E-state index contributed by atoms with van der Waals surface area (Å²) in [5.41, 5.74) is 1.53. The Bertz CT molecular complexity index is 737. The SMILES string of the molecule is CCOC(=O)/C=C/c1ccc(NC(=O)NC(c2cccs2)C(C)C)cc1. The summed E-state index contributed by atoms with van der Waals surface area (Å²) in [5.74, 6) is -0.0860. The van der Waals surface area contributed by atoms with Crippen molar-refractivity contribution in [1.82, 2.24) is 5.32 Å². The molecular weight excluding hydrogens is 348 g/mol. The first kappa shape index (κ1) is 19.7. The Labute approximate surface area is 158 Å². The van der Waals surface area contributed by atoms with Gasteiger partial charge in [-0.25, -0.2) is 9.59 Å². The van der Waals surface area contributed by atoms with E-state index in [1.54, 1.807) is 36.5 Å². The van der Waals surface area contributed by atoms with Crippen LogP contribution in [0.2, 0.25) is 0 Å². The van der Waals surface area contributed by atoms with Crippen LogP contribution in [0.25, 0.3) is 6.08 Å². The van der Waals surface area contributed by atoms with E-state index in [4.69, 9.17) is 4.74 Å². The van der Waals surface area contributed by atoms with Crippen molar-refractivity contribution in [2.24, 2.45) is 5.92 Å². The third kappa shape index (κ3) is 6.04. The van der Waals surface area contributed by atoms with Crippen LogP contribution >= 0.6 is 11.3 Å². The fourth-order valence-electron chi connectivity index (χ4n) is 2.38. The second-order valence-electron chi connectivity index (χ2n) is 6.04. The van der Waals surface area contributed by atoms with Crippen molar-refractivity contribution in [2.75, 3.05) is 11.9 Å². The molecule has 2 N–H and O–H groups in total. The van der Waals surface area contributed by atoms with E-state index in [-0.39, 0.29) is 24.0 Å². The molecule has 0 aliphatic carbocycles. The number of urea groups is 1. The number of rotatable bonds is 7. The standard InChI is InChI=1S/C20H24N2O3S/c1-4-25-18(23)12-9-15-7-10-16(11-8-15)21-20(24)22-19(14(2)3)17-6-5-13-26-17/h5-14,19H,4H2,1-3H3,(H2,21,22,24)/b12-9+. The second-order valence-corrected chi connectivity index (χ2v) is 7.02. The topological polar surface area (TPSA) is 67.4 Å². The van der Waals surface area contributed by atoms with Crippen LogP contribution in [0.15, 0.2) is 47.9 Å². The summed E-state index contributed by atoms with van der Waals surface area (Å²) in [7, 11) is 0. The molecule has 1 atom stereocenters. The lowest BCUT2D eigenvalue weighted by molar-refractivity contribution is -0.137. The number of benzene rings is 1. The Morgan fingerprint density at radius 2 is 1.92 bits per heavy atom. The molecule has 0 spiro atoms. The first-order chi connectivity index (χ1) is 12.5. The van der Waals surface area contributed by atoms with Gasteiger partial charge in [0.15, 0.2) is 0 Å². The van der Waals surface area contributed by atoms with Crippen molar-refractivity contribution in [3.05, 3.63) is 58.3 Å². The molecule has 138 valence electrons. The van der Waals surface area contributed by atoms with Crippen LogP contribution in [-0.4, -0.2) is 18.6 Å². The van der Waals surface area contributed by atoms with E-state index in [1.165, 1.54) is 6.08 Å². The number of carbonyl (C=O) groups is 2. The summed E-state index contributed by atoms with van der Waals surface area (Å²) in [5, 5.41) is 7.87. The Morgan fingerprint density at radius 1 is 1.19 bits per heavy atom. The highest BCUT2D eigenvalue weighted by molar-refractivity contribution is 7.10. The quantitative estimate of drug-likeness (QED) is 0.540. The van der Waals surface area contributed by atoms with Crippen LogP contribution in [0.3, 0.4) is 0 Å². The maximum Gasteiger partial charge on any atom is 0.330 e. The lowest BCUT2D eigenvalue weighted by Gasteiger charge is -2.21. The maximum atomic E-state index is 12.3. The predicted octanol–water partition coefficient (Wildman–Crippen LogP) is 4.84. The Morgan fingerprint density at radius 3 is 2.50 bits per heavy atom. The Hall–Kier alpha value is -2.60. The van der Waals surface area contributed by atoms with E-state index < -0.39 is 0 Å². The highest BCUT2D eigenvalue weighted by Gasteiger charge is 2.19. The van der Waals surface area contributed by atoms with Gasteiger partial charge in [-0.2, -0.15) is 0 Å². The zero-order chi connectivity index (χ0) is 18.9. The minimum Gasteiger partial charge on any atom is -0.463 e. The van der Waals surface area contributed by atoms with E-state index in [0.29, 0.717) is 12.3 Å². The number of hydrogen-bond acceptors (Lipinski definition) is 4. The number of anilines is 1. The van der Waals surface area contributed by atoms with Gasteiger partial charge in [0.25, 0.3) is 0 Å². The lowest BCUT2D eigenvalue weighted by atomic mass is 10.0. The van der Waals surface area contributed by atoms with Gasteiger partial charge in [0.05, 0.1) is 12.6 Å². The number of nitrogens with one attached hydrogen (secondary N) is 2. The third-order valence-corrected chi connectivity index (χ3v) is 4.63. The van der Waals surface area contributed by atoms with Crippen LogP contribution in [0.4, 0.5) is 10.5 Å². The van der Waals surface area contributed by atoms with Crippen LogP contribution in [0, 0.1) is 5.92 Å². The first-order valence-electron chi connectivity index (χ1n) is 8.55. The fourth-order valence-corrected chi connectivity index (χ4v) is 3.32. The van der Waals surface area contributed by atoms with E-state index in [9.17, 15) is 9.59 Å². The molecular formula is C20H24N2O3S. The molecule has 1 aromatic carbocycles. The van der Waals surface area contributed by atoms with Crippen molar-refractivity contribution in [3.63, 3.8) is 0 Å². The smallest absolute Gasteiger partial charge is 0.330 e. The van der Waals surface area contributed by atoms with Gasteiger partial charge in [0.2, 0.25) is 0 Å². The average molecular weight is 372 g/mol. The average Bonchev–Trinajstić information content (AvgIpc) is 3.13. The summed E-state index contributed by atoms with van der Waals surface area (Å²) >= 11 is 1.63. The number of hydrogen-bond donors (Lipinski definition) is 2. The van der Waals surface area contributed by atoms with E-state index >= 15 is 0 Å². The molecule has 0 fully saturated rings. The molecule has 1 heterocycles. The predicted molar refractivity (Wildman–Crippen MR) is 106 cm³/mol. The Kier molecular flexibility index (Phi) is 7.41. The van der Waals surface area contributed by atoms with E-state index in [1.807, 2.05) is 29.6 Å². The van der Waals surface area contributed by atoms with Gasteiger partial charge >= 0.3 is 12.0 Å². The van der Waals surface area contributed by atoms with Crippen molar-refractivity contribution >= 4 is 35.1 Å². The van der Waals surface area contributed by atoms with E-state index in [2.05, 4.69) is 24.5 Å². The number of ether oxygens (including phenoxy) is 1. The van der Waals surface area contributed by atoms with Gasteiger partial charge in [-0.3, -0.25) is 0 Å². The number of carbonyl (C=O) groups excluding carboxylic acids is 2. The monoisotopic (exact) mass is 372 g/mol. The number of amides is 2. The lowest BCUT2D eigenvalue weighted by Crippen LogP contribution is -2.34. The van der Waals surface area contributed by atoms with Crippen LogP contribution < -0.4 is 10.6 Å². The number of thiophene rings is 1. The molecule has 26 heavy (non-hydrogen) atoms. The summed E-state index contributed by atoms with van der Waals surface area (Å²) < 4.78 is 4.84. The molecule has 1 aromatic heterocycles. The Balaban J connectivity index is 1.93. The van der Waals surface area contributed by atoms with Crippen molar-refractivity contribution < 1.29 is 14.3 Å². The fraction of sp³-hybridized carbons (Fsp3) is 0.300. The molecule has 6 heteroatoms. The zero-order valence-corrected chi connectivity index (χ0v) is 16.0. The summed E-state index contributed by atoms with van der Waals surface area (Å²) in [6.07, 6.45) is 3.06. The number of esters is 1. The molecule has 0 aliphatic heterocycles. The first-order valence-corrected chi connectivity index (χ1v) is 9.43. The van der Waals surface area contributed by atoms with Gasteiger partial charge in [-0.15, -0.1) is 11.3 Å². The van der Waals surface area contributed by atoms with Crippen molar-refractivity contribution in [3.8, 4) is 0 Å². The zero-order valence-electron chi connectivity index (χ0n) is 15.2. The van der Waals surface area contributed by atoms with Crippen LogP contribution in [-0.2, 0) is 9.53 Å². The van der Waals surface area contributed by atoms with Gasteiger partial charge in [-0.05, 0) is 48.1 Å². The minimum atomic E-state index is -0.373. The molecule has 1 unspecified atom stereocenters. The molecule has 0 saturated heterocycles. The normalized spacial score (nSPS) is 12.2. The highest BCUT2D eigenvalue weighted by atomic mass is 32.1. The summed E-state index contributed by atoms with van der Waals surface area (Å²) in [6, 6.07) is 11.0. The minimum absolute atomic E-state index is 0.0261. The van der Waals surface area contributed by atoms with Gasteiger partial charge in [-0.1, -0.05) is 32.0 Å². The third-order valence-electron chi connectivity index (χ3n) is 3.67. The van der Waals surface area contributed by atoms with Gasteiger partial charge < -0.3 is 15.4 Å². The van der Waals surface area contributed by atoms with Crippen LogP contribution in [0.5, 0.6) is 0 Å². The molecule has 0 saturated carbocycles. The molecule has 0 radical (unpaired) electrons. The van der Waals surface area contributed by atoms with Crippen molar-refractivity contribution in [1.29, 1.82) is 0 Å². The molecule has 0 bridgehead atoms. The molecule has 2 rings (SSSR count).